The number of amides is 2. The lowest BCUT2D eigenvalue weighted by molar-refractivity contribution is 0.0663. The minimum Gasteiger partial charge on any atom is -0.351 e. The van der Waals surface area contributed by atoms with Gasteiger partial charge in [-0.25, -0.2) is 4.98 Å². The van der Waals surface area contributed by atoms with Crippen LogP contribution in [0.15, 0.2) is 41.9 Å². The fourth-order valence-electron chi connectivity index (χ4n) is 4.25. The van der Waals surface area contributed by atoms with Crippen LogP contribution in [0.2, 0.25) is 0 Å². The number of likely N-dealkylation sites (tertiary alicyclic amines) is 1. The molecule has 154 valence electrons. The Kier molecular flexibility index (Phi) is 4.78. The molecular weight excluding hydrogens is 398 g/mol. The Balaban J connectivity index is 1.24. The van der Waals surface area contributed by atoms with Crippen molar-refractivity contribution in [1.29, 1.82) is 0 Å². The van der Waals surface area contributed by atoms with Crippen molar-refractivity contribution in [1.82, 2.24) is 24.6 Å². The molecule has 1 aliphatic heterocycles. The molecule has 1 aliphatic rings. The van der Waals surface area contributed by atoms with Crippen molar-refractivity contribution in [2.24, 2.45) is 5.92 Å². The molecule has 5 rings (SSSR count). The molecule has 1 fully saturated rings. The molecule has 1 atom stereocenters. The number of hydrogen-bond donors (Lipinski definition) is 2. The second-order valence-corrected chi connectivity index (χ2v) is 8.71. The van der Waals surface area contributed by atoms with Crippen LogP contribution < -0.4 is 5.32 Å². The second-order valence-electron chi connectivity index (χ2n) is 7.84. The first-order chi connectivity index (χ1) is 14.6. The van der Waals surface area contributed by atoms with E-state index in [0.29, 0.717) is 24.5 Å². The Labute approximate surface area is 177 Å². The Bertz CT molecular complexity index is 1200. The summed E-state index contributed by atoms with van der Waals surface area (Å²) in [6.07, 6.45) is 3.83. The molecule has 1 aromatic carbocycles. The van der Waals surface area contributed by atoms with Gasteiger partial charge < -0.3 is 15.2 Å². The molecular formula is C22H23N5O2S. The third-order valence-electron chi connectivity index (χ3n) is 5.77. The van der Waals surface area contributed by atoms with Gasteiger partial charge in [0.15, 0.2) is 4.96 Å². The fourth-order valence-corrected chi connectivity index (χ4v) is 5.01. The summed E-state index contributed by atoms with van der Waals surface area (Å²) in [5.41, 5.74) is 2.93. The van der Waals surface area contributed by atoms with E-state index < -0.39 is 0 Å². The first kappa shape index (κ1) is 18.9. The van der Waals surface area contributed by atoms with Crippen LogP contribution in [-0.4, -0.2) is 50.7 Å². The van der Waals surface area contributed by atoms with Gasteiger partial charge in [0.2, 0.25) is 0 Å². The maximum absolute atomic E-state index is 13.2. The summed E-state index contributed by atoms with van der Waals surface area (Å²) in [7, 11) is 0. The van der Waals surface area contributed by atoms with Crippen LogP contribution >= 0.6 is 11.3 Å². The van der Waals surface area contributed by atoms with Crippen LogP contribution in [0.25, 0.3) is 15.9 Å². The van der Waals surface area contributed by atoms with Gasteiger partial charge in [0.05, 0.1) is 5.69 Å². The number of para-hydroxylation sites is 1. The number of aromatic amines is 1. The number of nitrogens with zero attached hydrogens (tertiary/aromatic N) is 3. The zero-order chi connectivity index (χ0) is 20.7. The lowest BCUT2D eigenvalue weighted by Crippen LogP contribution is -2.44. The number of aryl methyl sites for hydroxylation is 1. The highest BCUT2D eigenvalue weighted by molar-refractivity contribution is 7.15. The molecule has 3 aromatic heterocycles. The molecule has 0 bridgehead atoms. The maximum Gasteiger partial charge on any atom is 0.272 e. The van der Waals surface area contributed by atoms with Crippen molar-refractivity contribution in [3.63, 3.8) is 0 Å². The average Bonchev–Trinajstić information content (AvgIpc) is 3.45. The van der Waals surface area contributed by atoms with Crippen LogP contribution in [0, 0.1) is 12.8 Å². The van der Waals surface area contributed by atoms with Crippen LogP contribution in [0.5, 0.6) is 0 Å². The smallest absolute Gasteiger partial charge is 0.272 e. The summed E-state index contributed by atoms with van der Waals surface area (Å²) >= 11 is 1.53. The van der Waals surface area contributed by atoms with Crippen molar-refractivity contribution < 1.29 is 9.59 Å². The number of rotatable bonds is 4. The minimum absolute atomic E-state index is 0.0186. The Morgan fingerprint density at radius 2 is 2.20 bits per heavy atom. The number of thiazole rings is 1. The summed E-state index contributed by atoms with van der Waals surface area (Å²) in [4.78, 5) is 36.2. The van der Waals surface area contributed by atoms with Gasteiger partial charge in [0.1, 0.15) is 11.4 Å². The van der Waals surface area contributed by atoms with E-state index in [0.717, 1.165) is 40.9 Å². The van der Waals surface area contributed by atoms with Gasteiger partial charge in [-0.1, -0.05) is 18.2 Å². The second kappa shape index (κ2) is 7.60. The molecule has 4 heterocycles. The number of carbonyl (C=O) groups excluding carboxylic acids is 2. The molecule has 2 N–H and O–H groups in total. The molecule has 0 aliphatic carbocycles. The average molecular weight is 422 g/mol. The van der Waals surface area contributed by atoms with Crippen LogP contribution in [0.1, 0.15) is 39.5 Å². The number of fused-ring (bicyclic) bond motifs is 2. The number of hydrogen-bond acceptors (Lipinski definition) is 4. The predicted octanol–water partition coefficient (Wildman–Crippen LogP) is 3.47. The van der Waals surface area contributed by atoms with E-state index in [4.69, 9.17) is 0 Å². The summed E-state index contributed by atoms with van der Waals surface area (Å²) in [6, 6.07) is 9.71. The normalized spacial score (nSPS) is 17.0. The van der Waals surface area contributed by atoms with Gasteiger partial charge >= 0.3 is 0 Å². The van der Waals surface area contributed by atoms with Crippen molar-refractivity contribution in [3.05, 3.63) is 59.0 Å². The highest BCUT2D eigenvalue weighted by Gasteiger charge is 2.28. The Morgan fingerprint density at radius 3 is 3.07 bits per heavy atom. The van der Waals surface area contributed by atoms with Gasteiger partial charge in [0.25, 0.3) is 11.8 Å². The van der Waals surface area contributed by atoms with E-state index in [1.165, 1.54) is 11.3 Å². The zero-order valence-electron chi connectivity index (χ0n) is 16.7. The lowest BCUT2D eigenvalue weighted by Gasteiger charge is -2.32. The highest BCUT2D eigenvalue weighted by atomic mass is 32.1. The SMILES string of the molecule is Cc1nc2sccn2c1C(=O)N1CCC[C@@H](CNC(=O)c2cc3ccccc3[nH]2)C1. The highest BCUT2D eigenvalue weighted by Crippen LogP contribution is 2.22. The van der Waals surface area contributed by atoms with Crippen molar-refractivity contribution >= 4 is 39.0 Å². The maximum atomic E-state index is 13.2. The van der Waals surface area contributed by atoms with Gasteiger partial charge in [-0.05, 0) is 37.8 Å². The number of H-pyrrole nitrogens is 1. The Hall–Kier alpha value is -3.13. The predicted molar refractivity (Wildman–Crippen MR) is 117 cm³/mol. The quantitative estimate of drug-likeness (QED) is 0.529. The molecule has 2 amide bonds. The third-order valence-corrected chi connectivity index (χ3v) is 6.53. The standard InChI is InChI=1S/C22H23N5O2S/c1-14-19(27-9-10-30-22(27)24-14)21(29)26-8-4-5-15(13-26)12-23-20(28)18-11-16-6-2-3-7-17(16)25-18/h2-3,6-7,9-11,15,25H,4-5,8,12-13H2,1H3,(H,23,28)/t15-/m0/s1. The summed E-state index contributed by atoms with van der Waals surface area (Å²) in [6.45, 7) is 3.82. The number of aromatic nitrogens is 3. The lowest BCUT2D eigenvalue weighted by atomic mass is 9.97. The van der Waals surface area contributed by atoms with Gasteiger partial charge in [-0.3, -0.25) is 14.0 Å². The molecule has 4 aromatic rings. The van der Waals surface area contributed by atoms with Gasteiger partial charge in [-0.15, -0.1) is 11.3 Å². The van der Waals surface area contributed by atoms with E-state index >= 15 is 0 Å². The summed E-state index contributed by atoms with van der Waals surface area (Å²) < 4.78 is 1.88. The minimum atomic E-state index is -0.110. The molecule has 7 nitrogen and oxygen atoms in total. The monoisotopic (exact) mass is 421 g/mol. The molecule has 1 saturated heterocycles. The van der Waals surface area contributed by atoms with E-state index in [-0.39, 0.29) is 17.7 Å². The summed E-state index contributed by atoms with van der Waals surface area (Å²) in [5.74, 6) is 0.147. The molecule has 8 heteroatoms. The number of imidazole rings is 1. The molecule has 30 heavy (non-hydrogen) atoms. The molecule has 0 radical (unpaired) electrons. The van der Waals surface area contributed by atoms with Gasteiger partial charge in [0, 0.05) is 42.1 Å². The fraction of sp³-hybridized carbons (Fsp3) is 0.318. The molecule has 0 spiro atoms. The molecule has 0 unspecified atom stereocenters. The van der Waals surface area contributed by atoms with Crippen LogP contribution in [0.3, 0.4) is 0 Å². The van der Waals surface area contributed by atoms with Crippen LogP contribution in [0.4, 0.5) is 0 Å². The summed E-state index contributed by atoms with van der Waals surface area (Å²) in [5, 5.41) is 6.00. The molecule has 0 saturated carbocycles. The van der Waals surface area contributed by atoms with E-state index in [9.17, 15) is 9.59 Å². The number of benzene rings is 1. The van der Waals surface area contributed by atoms with Crippen molar-refractivity contribution in [3.8, 4) is 0 Å². The largest absolute Gasteiger partial charge is 0.351 e. The Morgan fingerprint density at radius 1 is 1.33 bits per heavy atom. The van der Waals surface area contributed by atoms with Crippen molar-refractivity contribution in [2.75, 3.05) is 19.6 Å². The van der Waals surface area contributed by atoms with E-state index in [1.807, 2.05) is 58.1 Å². The number of nitrogens with one attached hydrogen (secondary N) is 2. The van der Waals surface area contributed by atoms with Gasteiger partial charge in [-0.2, -0.15) is 0 Å². The first-order valence-electron chi connectivity index (χ1n) is 10.2. The topological polar surface area (TPSA) is 82.5 Å². The van der Waals surface area contributed by atoms with E-state index in [2.05, 4.69) is 15.3 Å². The zero-order valence-corrected chi connectivity index (χ0v) is 17.5. The number of carbonyl (C=O) groups is 2. The van der Waals surface area contributed by atoms with Crippen molar-refractivity contribution in [2.45, 2.75) is 19.8 Å². The van der Waals surface area contributed by atoms with Crippen LogP contribution in [-0.2, 0) is 0 Å². The van der Waals surface area contributed by atoms with E-state index in [1.54, 1.807) is 0 Å². The number of piperidine rings is 1. The third kappa shape index (κ3) is 3.37. The first-order valence-corrected chi connectivity index (χ1v) is 11.1.